The fourth-order valence-corrected chi connectivity index (χ4v) is 6.31. The fraction of sp³-hybridized carbons (Fsp3) is 0.283. The van der Waals surface area contributed by atoms with E-state index < -0.39 is 0 Å². The Morgan fingerprint density at radius 2 is 0.786 bits per heavy atom. The van der Waals surface area contributed by atoms with Gasteiger partial charge in [0, 0.05) is 42.9 Å². The summed E-state index contributed by atoms with van der Waals surface area (Å²) in [6.07, 6.45) is 3.80. The van der Waals surface area contributed by atoms with Crippen molar-refractivity contribution in [1.29, 1.82) is 0 Å². The van der Waals surface area contributed by atoms with Crippen molar-refractivity contribution in [3.05, 3.63) is 174 Å². The van der Waals surface area contributed by atoms with E-state index in [-0.39, 0.29) is 7.43 Å². The molecule has 2 aromatic heterocycles. The van der Waals surface area contributed by atoms with Gasteiger partial charge in [-0.3, -0.25) is 9.97 Å². The molecule has 0 fully saturated rings. The second-order valence-electron chi connectivity index (χ2n) is 15.8. The van der Waals surface area contributed by atoms with Crippen LogP contribution in [0.15, 0.2) is 152 Å². The summed E-state index contributed by atoms with van der Waals surface area (Å²) >= 11 is 0. The number of nitrogens with zero attached hydrogens (tertiary/aromatic N) is 3. The number of pyridine rings is 2. The number of fused-ring (bicyclic) bond motifs is 4. The summed E-state index contributed by atoms with van der Waals surface area (Å²) in [6, 6.07) is 49.5. The summed E-state index contributed by atoms with van der Waals surface area (Å²) in [7, 11) is 4.15. The second kappa shape index (κ2) is 20.4. The predicted molar refractivity (Wildman–Crippen MR) is 249 cm³/mol. The number of anilines is 1. The maximum absolute atomic E-state index is 4.40. The van der Waals surface area contributed by atoms with Gasteiger partial charge >= 0.3 is 0 Å². The van der Waals surface area contributed by atoms with Crippen LogP contribution in [0.4, 0.5) is 5.69 Å². The van der Waals surface area contributed by atoms with Gasteiger partial charge in [-0.05, 0) is 110 Å². The molecule has 0 saturated heterocycles. The summed E-state index contributed by atoms with van der Waals surface area (Å²) in [5.41, 5.74) is 8.91. The predicted octanol–water partition coefficient (Wildman–Crippen LogP) is 15.3. The van der Waals surface area contributed by atoms with Crippen LogP contribution in [0, 0.1) is 0 Å². The minimum atomic E-state index is 0. The lowest BCUT2D eigenvalue weighted by atomic mass is 9.99. The number of benzene rings is 6. The van der Waals surface area contributed by atoms with E-state index in [9.17, 15) is 0 Å². The van der Waals surface area contributed by atoms with E-state index in [0.29, 0.717) is 23.7 Å². The van der Waals surface area contributed by atoms with Crippen LogP contribution in [0.25, 0.3) is 43.4 Å². The van der Waals surface area contributed by atoms with Crippen LogP contribution in [0.1, 0.15) is 109 Å². The van der Waals surface area contributed by atoms with E-state index in [1.807, 2.05) is 36.7 Å². The SMILES string of the molecule is C.CC(C)c1ccc2cc(N(C)C)ccc2c1.CC(C)c1ccc2ccccc2c1.CC(C)c1ccc2ncccc2c1.CC(C)c1cnc2ccccc2c1. The van der Waals surface area contributed by atoms with Gasteiger partial charge in [0.25, 0.3) is 0 Å². The summed E-state index contributed by atoms with van der Waals surface area (Å²) in [5, 5.41) is 7.77. The van der Waals surface area contributed by atoms with E-state index in [1.165, 1.54) is 60.3 Å². The van der Waals surface area contributed by atoms with Crippen molar-refractivity contribution in [2.24, 2.45) is 0 Å². The monoisotopic (exact) mass is 742 g/mol. The van der Waals surface area contributed by atoms with Gasteiger partial charge < -0.3 is 4.90 Å². The third-order valence-corrected chi connectivity index (χ3v) is 10.0. The number of para-hydroxylation sites is 1. The summed E-state index contributed by atoms with van der Waals surface area (Å²) in [5.74, 6) is 2.35. The first-order chi connectivity index (χ1) is 26.4. The van der Waals surface area contributed by atoms with E-state index in [2.05, 4.69) is 200 Å². The van der Waals surface area contributed by atoms with Gasteiger partial charge in [0.2, 0.25) is 0 Å². The van der Waals surface area contributed by atoms with Crippen molar-refractivity contribution in [2.75, 3.05) is 19.0 Å². The molecule has 3 nitrogen and oxygen atoms in total. The normalized spacial score (nSPS) is 10.8. The van der Waals surface area contributed by atoms with Crippen molar-refractivity contribution in [3.8, 4) is 0 Å². The molecule has 0 amide bonds. The Bertz CT molecular complexity index is 2190. The quantitative estimate of drug-likeness (QED) is 0.176. The Labute approximate surface area is 337 Å². The molecule has 0 aliphatic rings. The molecule has 3 heteroatoms. The highest BCUT2D eigenvalue weighted by molar-refractivity contribution is 5.87. The Balaban J connectivity index is 0.000000165. The number of hydrogen-bond donors (Lipinski definition) is 0. The molecule has 0 spiro atoms. The molecule has 56 heavy (non-hydrogen) atoms. The molecule has 290 valence electrons. The van der Waals surface area contributed by atoms with Crippen molar-refractivity contribution in [3.63, 3.8) is 0 Å². The first-order valence-electron chi connectivity index (χ1n) is 19.8. The molecule has 0 radical (unpaired) electrons. The molecule has 0 saturated carbocycles. The molecule has 0 aliphatic heterocycles. The van der Waals surface area contributed by atoms with Crippen molar-refractivity contribution in [2.45, 2.75) is 86.5 Å². The largest absolute Gasteiger partial charge is 0.378 e. The average molecular weight is 742 g/mol. The third kappa shape index (κ3) is 11.7. The van der Waals surface area contributed by atoms with Gasteiger partial charge in [0.1, 0.15) is 0 Å². The van der Waals surface area contributed by atoms with Crippen LogP contribution in [0.5, 0.6) is 0 Å². The zero-order chi connectivity index (χ0) is 39.5. The van der Waals surface area contributed by atoms with E-state index in [0.717, 1.165) is 11.0 Å². The first-order valence-corrected chi connectivity index (χ1v) is 19.8. The molecular weight excluding hydrogens is 679 g/mol. The lowest BCUT2D eigenvalue weighted by Gasteiger charge is -2.14. The Kier molecular flexibility index (Phi) is 15.7. The molecule has 8 aromatic rings. The molecular formula is C53H63N3. The topological polar surface area (TPSA) is 29.0 Å². The summed E-state index contributed by atoms with van der Waals surface area (Å²) < 4.78 is 0. The van der Waals surface area contributed by atoms with E-state index in [1.54, 1.807) is 0 Å². The fourth-order valence-electron chi connectivity index (χ4n) is 6.31. The van der Waals surface area contributed by atoms with Crippen LogP contribution >= 0.6 is 0 Å². The smallest absolute Gasteiger partial charge is 0.0702 e. The van der Waals surface area contributed by atoms with Gasteiger partial charge in [0.05, 0.1) is 11.0 Å². The Morgan fingerprint density at radius 3 is 1.38 bits per heavy atom. The van der Waals surface area contributed by atoms with Gasteiger partial charge in [-0.15, -0.1) is 0 Å². The second-order valence-corrected chi connectivity index (χ2v) is 15.8. The maximum atomic E-state index is 4.40. The lowest BCUT2D eigenvalue weighted by Crippen LogP contribution is -2.08. The zero-order valence-electron chi connectivity index (χ0n) is 34.6. The Morgan fingerprint density at radius 1 is 0.375 bits per heavy atom. The highest BCUT2D eigenvalue weighted by Gasteiger charge is 2.04. The standard InChI is InChI=1S/C15H19N.C13H14.2C12H13N.CH4/c1-11(2)12-5-6-14-10-15(16(3)4)8-7-13(14)9-12;1-10(2)12-8-7-11-5-3-4-6-13(11)9-12;1-9(2)10-5-6-12-11(8-10)4-3-7-13-12;1-9(2)11-7-10-5-3-4-6-12(10)13-8-11;/h5-11H,1-4H3;3-10H,1-2H3;2*3-9H,1-2H3;1H4. The minimum Gasteiger partial charge on any atom is -0.378 e. The number of hydrogen-bond acceptors (Lipinski definition) is 3. The third-order valence-electron chi connectivity index (χ3n) is 10.0. The summed E-state index contributed by atoms with van der Waals surface area (Å²) in [4.78, 5) is 10.8. The van der Waals surface area contributed by atoms with Crippen molar-refractivity contribution < 1.29 is 0 Å². The first kappa shape index (κ1) is 43.2. The van der Waals surface area contributed by atoms with Gasteiger partial charge in [0.15, 0.2) is 0 Å². The lowest BCUT2D eigenvalue weighted by molar-refractivity contribution is 0.862. The zero-order valence-corrected chi connectivity index (χ0v) is 34.6. The Hall–Kier alpha value is -5.54. The van der Waals surface area contributed by atoms with Crippen LogP contribution in [0.3, 0.4) is 0 Å². The highest BCUT2D eigenvalue weighted by atomic mass is 15.1. The molecule has 2 heterocycles. The summed E-state index contributed by atoms with van der Waals surface area (Å²) in [6.45, 7) is 17.7. The van der Waals surface area contributed by atoms with Crippen LogP contribution in [-0.4, -0.2) is 24.1 Å². The highest BCUT2D eigenvalue weighted by Crippen LogP contribution is 2.25. The minimum absolute atomic E-state index is 0. The molecule has 0 aliphatic carbocycles. The molecule has 0 unspecified atom stereocenters. The van der Waals surface area contributed by atoms with Gasteiger partial charge in [-0.2, -0.15) is 0 Å². The van der Waals surface area contributed by atoms with E-state index >= 15 is 0 Å². The van der Waals surface area contributed by atoms with Crippen LogP contribution in [-0.2, 0) is 0 Å². The number of rotatable bonds is 5. The van der Waals surface area contributed by atoms with Crippen LogP contribution in [0.2, 0.25) is 0 Å². The average Bonchev–Trinajstić information content (AvgIpc) is 3.20. The molecule has 8 rings (SSSR count). The van der Waals surface area contributed by atoms with Gasteiger partial charge in [-0.1, -0.05) is 160 Å². The molecule has 0 atom stereocenters. The molecule has 0 N–H and O–H groups in total. The molecule has 6 aromatic carbocycles. The molecule has 0 bridgehead atoms. The van der Waals surface area contributed by atoms with Crippen LogP contribution < -0.4 is 4.90 Å². The van der Waals surface area contributed by atoms with Crippen molar-refractivity contribution >= 4 is 49.0 Å². The number of aromatic nitrogens is 2. The van der Waals surface area contributed by atoms with Gasteiger partial charge in [-0.25, -0.2) is 0 Å². The maximum Gasteiger partial charge on any atom is 0.0702 e. The van der Waals surface area contributed by atoms with Crippen molar-refractivity contribution in [1.82, 2.24) is 9.97 Å². The van der Waals surface area contributed by atoms with E-state index in [4.69, 9.17) is 0 Å².